The van der Waals surface area contributed by atoms with Gasteiger partial charge in [0.1, 0.15) is 5.60 Å². The lowest BCUT2D eigenvalue weighted by atomic mass is 10.2. The number of methoxy groups -OCH3 is 1. The van der Waals surface area contributed by atoms with Crippen molar-refractivity contribution in [2.75, 3.05) is 38.3 Å². The number of piperazine rings is 1. The molecular formula is C19H24F3N3O3S. The van der Waals surface area contributed by atoms with Crippen LogP contribution in [-0.2, 0) is 15.7 Å². The molecule has 0 bridgehead atoms. The fourth-order valence-electron chi connectivity index (χ4n) is 3.15. The Morgan fingerprint density at radius 3 is 2.62 bits per heavy atom. The lowest BCUT2D eigenvalue weighted by Crippen LogP contribution is -2.57. The maximum absolute atomic E-state index is 13.0. The number of fused-ring (bicyclic) bond motifs is 1. The molecule has 1 fully saturated rings. The molecule has 1 amide bonds. The Bertz CT molecular complexity index is 879. The van der Waals surface area contributed by atoms with Crippen molar-refractivity contribution in [2.45, 2.75) is 38.6 Å². The van der Waals surface area contributed by atoms with E-state index in [2.05, 4.69) is 4.98 Å². The summed E-state index contributed by atoms with van der Waals surface area (Å²) in [5.74, 6) is 0. The minimum atomic E-state index is -4.39. The van der Waals surface area contributed by atoms with Gasteiger partial charge in [-0.25, -0.2) is 9.78 Å². The molecule has 2 aromatic rings. The molecular weight excluding hydrogens is 407 g/mol. The molecule has 0 aliphatic carbocycles. The van der Waals surface area contributed by atoms with Crippen LogP contribution < -0.4 is 4.90 Å². The summed E-state index contributed by atoms with van der Waals surface area (Å²) in [6.45, 7) is 7.08. The van der Waals surface area contributed by atoms with Gasteiger partial charge in [-0.05, 0) is 39.0 Å². The number of thiazole rings is 1. The van der Waals surface area contributed by atoms with E-state index < -0.39 is 23.4 Å². The third-order valence-corrected chi connectivity index (χ3v) is 5.50. The van der Waals surface area contributed by atoms with E-state index in [9.17, 15) is 18.0 Å². The van der Waals surface area contributed by atoms with Crippen molar-refractivity contribution in [3.63, 3.8) is 0 Å². The number of halogens is 3. The van der Waals surface area contributed by atoms with Crippen molar-refractivity contribution >= 4 is 32.8 Å². The zero-order valence-corrected chi connectivity index (χ0v) is 17.6. The second-order valence-corrected chi connectivity index (χ2v) is 8.91. The third-order valence-electron chi connectivity index (χ3n) is 4.44. The summed E-state index contributed by atoms with van der Waals surface area (Å²) in [4.78, 5) is 20.5. The summed E-state index contributed by atoms with van der Waals surface area (Å²) >= 11 is 1.21. The molecule has 1 saturated heterocycles. The average molecular weight is 431 g/mol. The second kappa shape index (κ2) is 7.98. The molecule has 10 heteroatoms. The number of nitrogens with zero attached hydrogens (tertiary/aromatic N) is 3. The van der Waals surface area contributed by atoms with Crippen LogP contribution in [0.2, 0.25) is 0 Å². The highest BCUT2D eigenvalue weighted by atomic mass is 32.1. The van der Waals surface area contributed by atoms with E-state index in [1.807, 2.05) is 25.7 Å². The summed E-state index contributed by atoms with van der Waals surface area (Å²) in [6.07, 6.45) is -4.78. The number of ether oxygens (including phenoxy) is 2. The third kappa shape index (κ3) is 5.11. The van der Waals surface area contributed by atoms with Gasteiger partial charge < -0.3 is 19.3 Å². The van der Waals surface area contributed by atoms with Crippen LogP contribution in [0.25, 0.3) is 10.2 Å². The van der Waals surface area contributed by atoms with Gasteiger partial charge in [-0.1, -0.05) is 11.3 Å². The SMILES string of the molecule is COC[C@@H]1CN(C(=O)OC(C)(C)C)CCN1c1nc2ccc(C(F)(F)F)cc2s1. The highest BCUT2D eigenvalue weighted by molar-refractivity contribution is 7.22. The van der Waals surface area contributed by atoms with Gasteiger partial charge in [-0.2, -0.15) is 13.2 Å². The Labute approximate surface area is 171 Å². The van der Waals surface area contributed by atoms with Crippen LogP contribution in [0.4, 0.5) is 23.1 Å². The first-order chi connectivity index (χ1) is 13.5. The van der Waals surface area contributed by atoms with Crippen molar-refractivity contribution in [3.8, 4) is 0 Å². The zero-order valence-electron chi connectivity index (χ0n) is 16.7. The highest BCUT2D eigenvalue weighted by Gasteiger charge is 2.34. The van der Waals surface area contributed by atoms with E-state index in [0.717, 1.165) is 12.1 Å². The van der Waals surface area contributed by atoms with E-state index in [-0.39, 0.29) is 6.04 Å². The molecule has 0 saturated carbocycles. The molecule has 0 N–H and O–H groups in total. The molecule has 2 heterocycles. The largest absolute Gasteiger partial charge is 0.444 e. The van der Waals surface area contributed by atoms with Gasteiger partial charge in [0.05, 0.1) is 28.4 Å². The predicted molar refractivity (Wildman–Crippen MR) is 105 cm³/mol. The number of aromatic nitrogens is 1. The van der Waals surface area contributed by atoms with E-state index >= 15 is 0 Å². The molecule has 160 valence electrons. The molecule has 1 aliphatic rings. The van der Waals surface area contributed by atoms with Gasteiger partial charge in [0.15, 0.2) is 5.13 Å². The summed E-state index contributed by atoms with van der Waals surface area (Å²) in [5.41, 5.74) is -0.763. The summed E-state index contributed by atoms with van der Waals surface area (Å²) in [7, 11) is 1.57. The fourth-order valence-corrected chi connectivity index (χ4v) is 4.25. The summed E-state index contributed by atoms with van der Waals surface area (Å²) in [5, 5.41) is 0.616. The lowest BCUT2D eigenvalue weighted by Gasteiger charge is -2.41. The number of carbonyl (C=O) groups excluding carboxylic acids is 1. The van der Waals surface area contributed by atoms with Crippen LogP contribution in [-0.4, -0.2) is 61.0 Å². The first-order valence-electron chi connectivity index (χ1n) is 9.19. The lowest BCUT2D eigenvalue weighted by molar-refractivity contribution is -0.137. The number of hydrogen-bond donors (Lipinski definition) is 0. The molecule has 0 unspecified atom stereocenters. The highest BCUT2D eigenvalue weighted by Crippen LogP contribution is 2.36. The van der Waals surface area contributed by atoms with Gasteiger partial charge in [-0.15, -0.1) is 0 Å². The number of alkyl halides is 3. The Balaban J connectivity index is 1.81. The van der Waals surface area contributed by atoms with Crippen LogP contribution in [0, 0.1) is 0 Å². The Kier molecular flexibility index (Phi) is 5.96. The molecule has 1 aromatic heterocycles. The Morgan fingerprint density at radius 1 is 1.28 bits per heavy atom. The number of carbonyl (C=O) groups is 1. The van der Waals surface area contributed by atoms with Crippen molar-refractivity contribution < 1.29 is 27.4 Å². The van der Waals surface area contributed by atoms with Crippen LogP contribution in [0.15, 0.2) is 18.2 Å². The van der Waals surface area contributed by atoms with E-state index in [1.165, 1.54) is 17.4 Å². The van der Waals surface area contributed by atoms with Crippen LogP contribution in [0.1, 0.15) is 26.3 Å². The van der Waals surface area contributed by atoms with Gasteiger partial charge >= 0.3 is 12.3 Å². The molecule has 1 aromatic carbocycles. The molecule has 1 atom stereocenters. The standard InChI is InChI=1S/C19H24F3N3O3S/c1-18(2,3)28-17(26)24-7-8-25(13(10-24)11-27-4)16-23-14-6-5-12(19(20,21)22)9-15(14)29-16/h5-6,9,13H,7-8,10-11H2,1-4H3/t13-/m0/s1. The summed E-state index contributed by atoms with van der Waals surface area (Å²) < 4.78 is 50.2. The monoisotopic (exact) mass is 431 g/mol. The fraction of sp³-hybridized carbons (Fsp3) is 0.579. The van der Waals surface area contributed by atoms with Gasteiger partial charge in [-0.3, -0.25) is 0 Å². The topological polar surface area (TPSA) is 54.9 Å². The average Bonchev–Trinajstić information content (AvgIpc) is 3.02. The second-order valence-electron chi connectivity index (χ2n) is 7.91. The maximum Gasteiger partial charge on any atom is 0.416 e. The van der Waals surface area contributed by atoms with E-state index in [0.29, 0.717) is 41.6 Å². The Hall–Kier alpha value is -2.07. The van der Waals surface area contributed by atoms with E-state index in [4.69, 9.17) is 9.47 Å². The maximum atomic E-state index is 13.0. The molecule has 0 radical (unpaired) electrons. The molecule has 1 aliphatic heterocycles. The number of benzene rings is 1. The predicted octanol–water partition coefficient (Wildman–Crippen LogP) is 4.39. The number of rotatable bonds is 3. The molecule has 0 spiro atoms. The van der Waals surface area contributed by atoms with Crippen LogP contribution in [0.3, 0.4) is 0 Å². The normalized spacial score (nSPS) is 18.4. The summed E-state index contributed by atoms with van der Waals surface area (Å²) in [6, 6.07) is 3.38. The molecule has 29 heavy (non-hydrogen) atoms. The van der Waals surface area contributed by atoms with Crippen LogP contribution in [0.5, 0.6) is 0 Å². The minimum absolute atomic E-state index is 0.177. The minimum Gasteiger partial charge on any atom is -0.444 e. The smallest absolute Gasteiger partial charge is 0.416 e. The van der Waals surface area contributed by atoms with Gasteiger partial charge in [0, 0.05) is 26.7 Å². The van der Waals surface area contributed by atoms with Crippen molar-refractivity contribution in [1.29, 1.82) is 0 Å². The first-order valence-corrected chi connectivity index (χ1v) is 10.0. The van der Waals surface area contributed by atoms with Crippen molar-refractivity contribution in [3.05, 3.63) is 23.8 Å². The number of amides is 1. The number of hydrogen-bond acceptors (Lipinski definition) is 6. The van der Waals surface area contributed by atoms with E-state index in [1.54, 1.807) is 12.0 Å². The van der Waals surface area contributed by atoms with Gasteiger partial charge in [0.2, 0.25) is 0 Å². The zero-order chi connectivity index (χ0) is 21.4. The molecule has 6 nitrogen and oxygen atoms in total. The Morgan fingerprint density at radius 2 is 2.00 bits per heavy atom. The molecule has 3 rings (SSSR count). The number of anilines is 1. The van der Waals surface area contributed by atoms with Crippen LogP contribution >= 0.6 is 11.3 Å². The first kappa shape index (κ1) is 21.6. The van der Waals surface area contributed by atoms with Crippen molar-refractivity contribution in [2.24, 2.45) is 0 Å². The van der Waals surface area contributed by atoms with Crippen molar-refractivity contribution in [1.82, 2.24) is 9.88 Å². The quantitative estimate of drug-likeness (QED) is 0.722. The van der Waals surface area contributed by atoms with Gasteiger partial charge in [0.25, 0.3) is 0 Å².